The standard InChI is InChI=1S/C16H24BrNO2/c1-10(2)14-12(11-6-5-7-18-9-11)8-13(17)15(19-3)16(14)20-4/h8,10-11,18H,5-7,9H2,1-4H3. The Kier molecular flexibility index (Phi) is 5.33. The van der Waals surface area contributed by atoms with Crippen LogP contribution in [0.25, 0.3) is 0 Å². The van der Waals surface area contributed by atoms with E-state index in [0.29, 0.717) is 11.8 Å². The molecule has 1 fully saturated rings. The van der Waals surface area contributed by atoms with E-state index in [1.807, 2.05) is 0 Å². The second-order valence-corrected chi connectivity index (χ2v) is 6.48. The molecule has 0 amide bonds. The highest BCUT2D eigenvalue weighted by Crippen LogP contribution is 2.46. The predicted octanol–water partition coefficient (Wildman–Crippen LogP) is 4.06. The van der Waals surface area contributed by atoms with Gasteiger partial charge in [-0.1, -0.05) is 13.8 Å². The molecular weight excluding hydrogens is 318 g/mol. The number of hydrogen-bond acceptors (Lipinski definition) is 3. The molecule has 1 atom stereocenters. The average Bonchev–Trinajstić information content (AvgIpc) is 2.46. The Bertz CT molecular complexity index is 468. The molecule has 0 radical (unpaired) electrons. The van der Waals surface area contributed by atoms with E-state index in [2.05, 4.69) is 41.2 Å². The minimum atomic E-state index is 0.406. The van der Waals surface area contributed by atoms with Crippen LogP contribution in [-0.4, -0.2) is 27.3 Å². The first-order chi connectivity index (χ1) is 9.60. The van der Waals surface area contributed by atoms with Crippen LogP contribution >= 0.6 is 15.9 Å². The molecule has 0 aromatic heterocycles. The third-order valence-corrected chi connectivity index (χ3v) is 4.57. The van der Waals surface area contributed by atoms with Crippen molar-refractivity contribution in [3.05, 3.63) is 21.7 Å². The Labute approximate surface area is 130 Å². The van der Waals surface area contributed by atoms with Crippen molar-refractivity contribution in [2.75, 3.05) is 27.3 Å². The van der Waals surface area contributed by atoms with Gasteiger partial charge in [-0.15, -0.1) is 0 Å². The van der Waals surface area contributed by atoms with Gasteiger partial charge in [-0.05, 0) is 58.8 Å². The van der Waals surface area contributed by atoms with Gasteiger partial charge in [0, 0.05) is 12.1 Å². The molecule has 1 aromatic rings. The fourth-order valence-corrected chi connectivity index (χ4v) is 3.67. The summed E-state index contributed by atoms with van der Waals surface area (Å²) in [6.07, 6.45) is 2.46. The highest BCUT2D eigenvalue weighted by Gasteiger charge is 2.26. The zero-order valence-electron chi connectivity index (χ0n) is 12.8. The predicted molar refractivity (Wildman–Crippen MR) is 86.2 cm³/mol. The number of rotatable bonds is 4. The topological polar surface area (TPSA) is 30.5 Å². The van der Waals surface area contributed by atoms with E-state index in [9.17, 15) is 0 Å². The van der Waals surface area contributed by atoms with E-state index in [-0.39, 0.29) is 0 Å². The molecule has 3 nitrogen and oxygen atoms in total. The molecule has 4 heteroatoms. The number of nitrogens with one attached hydrogen (secondary N) is 1. The lowest BCUT2D eigenvalue weighted by molar-refractivity contribution is 0.346. The molecule has 0 spiro atoms. The average molecular weight is 342 g/mol. The van der Waals surface area contributed by atoms with Crippen molar-refractivity contribution in [3.63, 3.8) is 0 Å². The molecule has 2 rings (SSSR count). The van der Waals surface area contributed by atoms with Gasteiger partial charge in [-0.2, -0.15) is 0 Å². The maximum atomic E-state index is 5.67. The van der Waals surface area contributed by atoms with Crippen LogP contribution in [0, 0.1) is 0 Å². The van der Waals surface area contributed by atoms with E-state index >= 15 is 0 Å². The van der Waals surface area contributed by atoms with Gasteiger partial charge in [-0.25, -0.2) is 0 Å². The van der Waals surface area contributed by atoms with Crippen molar-refractivity contribution in [1.82, 2.24) is 5.32 Å². The van der Waals surface area contributed by atoms with Gasteiger partial charge in [0.15, 0.2) is 11.5 Å². The third kappa shape index (κ3) is 2.96. The van der Waals surface area contributed by atoms with Crippen molar-refractivity contribution in [3.8, 4) is 11.5 Å². The summed E-state index contributed by atoms with van der Waals surface area (Å²) in [7, 11) is 3.41. The minimum Gasteiger partial charge on any atom is -0.493 e. The van der Waals surface area contributed by atoms with E-state index in [1.54, 1.807) is 14.2 Å². The fraction of sp³-hybridized carbons (Fsp3) is 0.625. The molecule has 0 aliphatic carbocycles. The zero-order valence-corrected chi connectivity index (χ0v) is 14.3. The van der Waals surface area contributed by atoms with Crippen molar-refractivity contribution < 1.29 is 9.47 Å². The van der Waals surface area contributed by atoms with Crippen molar-refractivity contribution >= 4 is 15.9 Å². The second kappa shape index (κ2) is 6.81. The van der Waals surface area contributed by atoms with Gasteiger partial charge in [0.05, 0.1) is 18.7 Å². The Balaban J connectivity index is 2.57. The van der Waals surface area contributed by atoms with E-state index < -0.39 is 0 Å². The van der Waals surface area contributed by atoms with E-state index in [0.717, 1.165) is 29.1 Å². The lowest BCUT2D eigenvalue weighted by Gasteiger charge is -2.28. The summed E-state index contributed by atoms with van der Waals surface area (Å²) >= 11 is 3.62. The summed E-state index contributed by atoms with van der Waals surface area (Å²) in [5, 5.41) is 3.50. The normalized spacial score (nSPS) is 19.2. The van der Waals surface area contributed by atoms with Crippen LogP contribution in [0.4, 0.5) is 0 Å². The highest BCUT2D eigenvalue weighted by molar-refractivity contribution is 9.10. The van der Waals surface area contributed by atoms with Gasteiger partial charge >= 0.3 is 0 Å². The number of methoxy groups -OCH3 is 2. The molecule has 20 heavy (non-hydrogen) atoms. The smallest absolute Gasteiger partial charge is 0.175 e. The molecular formula is C16H24BrNO2. The molecule has 1 saturated heterocycles. The van der Waals surface area contributed by atoms with E-state index in [4.69, 9.17) is 9.47 Å². The largest absolute Gasteiger partial charge is 0.493 e. The maximum absolute atomic E-state index is 5.67. The van der Waals surface area contributed by atoms with Crippen molar-refractivity contribution in [2.24, 2.45) is 0 Å². The fourth-order valence-electron chi connectivity index (χ4n) is 3.09. The summed E-state index contributed by atoms with van der Waals surface area (Å²) in [5.74, 6) is 2.63. The Morgan fingerprint density at radius 2 is 1.95 bits per heavy atom. The second-order valence-electron chi connectivity index (χ2n) is 5.63. The van der Waals surface area contributed by atoms with Crippen LogP contribution in [0.3, 0.4) is 0 Å². The molecule has 1 aliphatic heterocycles. The van der Waals surface area contributed by atoms with Crippen LogP contribution in [0.15, 0.2) is 10.5 Å². The van der Waals surface area contributed by atoms with Crippen LogP contribution in [0.2, 0.25) is 0 Å². The van der Waals surface area contributed by atoms with Gasteiger partial charge in [0.25, 0.3) is 0 Å². The SMILES string of the molecule is COc1c(Br)cc(C2CCCNC2)c(C(C)C)c1OC. The number of piperidine rings is 1. The summed E-state index contributed by atoms with van der Waals surface area (Å²) in [6, 6.07) is 2.22. The monoisotopic (exact) mass is 341 g/mol. The summed E-state index contributed by atoms with van der Waals surface area (Å²) in [4.78, 5) is 0. The van der Waals surface area contributed by atoms with Crippen molar-refractivity contribution in [2.45, 2.75) is 38.5 Å². The molecule has 112 valence electrons. The van der Waals surface area contributed by atoms with Crippen molar-refractivity contribution in [1.29, 1.82) is 0 Å². The molecule has 1 heterocycles. The van der Waals surface area contributed by atoms with Gasteiger partial charge in [-0.3, -0.25) is 0 Å². The summed E-state index contributed by atoms with van der Waals surface area (Å²) in [5.41, 5.74) is 2.66. The molecule has 1 aliphatic rings. The number of hydrogen-bond donors (Lipinski definition) is 1. The number of ether oxygens (including phenoxy) is 2. The molecule has 1 unspecified atom stereocenters. The first kappa shape index (κ1) is 15.6. The molecule has 0 saturated carbocycles. The Hall–Kier alpha value is -0.740. The minimum absolute atomic E-state index is 0.406. The lowest BCUT2D eigenvalue weighted by atomic mass is 9.84. The Morgan fingerprint density at radius 1 is 1.25 bits per heavy atom. The summed E-state index contributed by atoms with van der Waals surface area (Å²) in [6.45, 7) is 6.60. The van der Waals surface area contributed by atoms with Gasteiger partial charge in [0.1, 0.15) is 0 Å². The molecule has 1 aromatic carbocycles. The Morgan fingerprint density at radius 3 is 2.45 bits per heavy atom. The quantitative estimate of drug-likeness (QED) is 0.895. The van der Waals surface area contributed by atoms with Crippen LogP contribution < -0.4 is 14.8 Å². The van der Waals surface area contributed by atoms with Crippen LogP contribution in [-0.2, 0) is 0 Å². The third-order valence-electron chi connectivity index (χ3n) is 3.98. The molecule has 1 N–H and O–H groups in total. The molecule has 0 bridgehead atoms. The highest BCUT2D eigenvalue weighted by atomic mass is 79.9. The number of benzene rings is 1. The lowest BCUT2D eigenvalue weighted by Crippen LogP contribution is -2.29. The van der Waals surface area contributed by atoms with Gasteiger partial charge < -0.3 is 14.8 Å². The van der Waals surface area contributed by atoms with Crippen LogP contribution in [0.1, 0.15) is 49.7 Å². The first-order valence-electron chi connectivity index (χ1n) is 7.25. The maximum Gasteiger partial charge on any atom is 0.175 e. The summed E-state index contributed by atoms with van der Waals surface area (Å²) < 4.78 is 12.2. The number of halogens is 1. The van der Waals surface area contributed by atoms with E-state index in [1.165, 1.54) is 24.0 Å². The zero-order chi connectivity index (χ0) is 14.7. The van der Waals surface area contributed by atoms with Crippen LogP contribution in [0.5, 0.6) is 11.5 Å². The first-order valence-corrected chi connectivity index (χ1v) is 8.04. The van der Waals surface area contributed by atoms with Gasteiger partial charge in [0.2, 0.25) is 0 Å².